The molecule has 14 nitrogen and oxygen atoms in total. The summed E-state index contributed by atoms with van der Waals surface area (Å²) in [5.41, 5.74) is 25.0. The Morgan fingerprint density at radius 2 is 0.542 bits per heavy atom. The van der Waals surface area contributed by atoms with Gasteiger partial charge in [0.15, 0.2) is 0 Å². The lowest BCUT2D eigenvalue weighted by Crippen LogP contribution is -2.43. The van der Waals surface area contributed by atoms with Crippen molar-refractivity contribution >= 4 is 73.8 Å². The number of carbonyl (C=O) groups is 2. The van der Waals surface area contributed by atoms with Crippen molar-refractivity contribution in [3.63, 3.8) is 0 Å². The van der Waals surface area contributed by atoms with Gasteiger partial charge in [0.2, 0.25) is 0 Å². The number of hydrogen-bond donors (Lipinski definition) is 0. The Morgan fingerprint density at radius 1 is 0.267 bits per heavy atom. The standard InChI is InChI=1S/C45H30N4.C23H20N4.C19H20N4O2.15C2H6/c1-5-13-30(14-6-1)42-34-21-22-35(46-34)43(31-15-7-2-8-16-31)40-27-28-41-45(33-19-11-4-12-20-33)37-24-23-36(47-37)44(32-17-9-3-10-18-32)39-26-25-38(42)48(39)29-49(40)41;1-13-16-5-6-18(24-16)14(2)22-11-12-23(27(22)4)15(3)19-8-10-21(26-19)20-9-7-17(13)25-20;24-18(14-7-3-5-11-20-14)22-13-23(17-10-2-1-9-16(17)22)19(25)15-8-4-6-12-21-15;15*1-2/h1-28H,29H2;5-12H,1-4H3;3-8,11-12,16-17H,1-2,9-10,13H2;15*1-2H3. The molecule has 9 aliphatic heterocycles. The van der Waals surface area contributed by atoms with Crippen molar-refractivity contribution in [1.29, 1.82) is 0 Å². The van der Waals surface area contributed by atoms with E-state index in [0.717, 1.165) is 171 Å². The molecular weight excluding hydrogens is 1610 g/mol. The summed E-state index contributed by atoms with van der Waals surface area (Å²) in [6.07, 6.45) is 28.4. The van der Waals surface area contributed by atoms with Crippen molar-refractivity contribution in [3.05, 3.63) is 368 Å². The minimum Gasteiger partial charge on any atom is -0.344 e. The fourth-order valence-corrected chi connectivity index (χ4v) is 15.4. The van der Waals surface area contributed by atoms with Crippen LogP contribution in [0.5, 0.6) is 0 Å². The van der Waals surface area contributed by atoms with Gasteiger partial charge in [0.25, 0.3) is 11.8 Å². The van der Waals surface area contributed by atoms with Crippen molar-refractivity contribution in [2.75, 3.05) is 6.67 Å². The minimum absolute atomic E-state index is 0.0657. The molecule has 1 saturated heterocycles. The maximum atomic E-state index is 12.9. The van der Waals surface area contributed by atoms with Crippen LogP contribution in [0.1, 0.15) is 309 Å². The zero-order chi connectivity index (χ0) is 98.2. The highest BCUT2D eigenvalue weighted by Crippen LogP contribution is 2.40. The molecule has 0 radical (unpaired) electrons. The van der Waals surface area contributed by atoms with Crippen LogP contribution in [-0.4, -0.2) is 92.6 Å². The number of allylic oxidation sites excluding steroid dienone is 11. The first-order chi connectivity index (χ1) is 64.6. The minimum atomic E-state index is -0.103. The third-order valence-electron chi connectivity index (χ3n) is 20.5. The second-order valence-electron chi connectivity index (χ2n) is 26.3. The molecule has 2 unspecified atom stereocenters. The molecule has 700 valence electrons. The number of aliphatic imine (C=N–C) groups is 5. The van der Waals surface area contributed by atoms with Gasteiger partial charge in [-0.15, -0.1) is 0 Å². The normalized spacial score (nSPS) is 15.1. The van der Waals surface area contributed by atoms with Crippen LogP contribution in [0.15, 0.2) is 326 Å². The lowest BCUT2D eigenvalue weighted by atomic mass is 9.90. The quantitative estimate of drug-likeness (QED) is 0.163. The Balaban J connectivity index is 0.000000610. The maximum absolute atomic E-state index is 12.9. The van der Waals surface area contributed by atoms with E-state index in [2.05, 4.69) is 258 Å². The molecule has 2 atom stereocenters. The third-order valence-corrected chi connectivity index (χ3v) is 20.5. The predicted octanol–water partition coefficient (Wildman–Crippen LogP) is 28.4. The number of benzene rings is 4. The van der Waals surface area contributed by atoms with E-state index in [9.17, 15) is 9.59 Å². The van der Waals surface area contributed by atoms with Gasteiger partial charge in [0, 0.05) is 58.0 Å². The fraction of sp³-hybridized carbons (Fsp3) is 0.359. The van der Waals surface area contributed by atoms with E-state index in [1.807, 2.05) is 242 Å². The summed E-state index contributed by atoms with van der Waals surface area (Å²) in [6.45, 7) is 67.2. The number of amides is 2. The average molecular weight is 1770 g/mol. The number of hydrogen-bond acceptors (Lipinski definition) is 9. The van der Waals surface area contributed by atoms with E-state index < -0.39 is 0 Å². The smallest absolute Gasteiger partial charge is 0.274 e. The van der Waals surface area contributed by atoms with Gasteiger partial charge in [0.05, 0.1) is 97.9 Å². The van der Waals surface area contributed by atoms with Crippen LogP contribution in [0.3, 0.4) is 0 Å². The monoisotopic (exact) mass is 1770 g/mol. The summed E-state index contributed by atoms with van der Waals surface area (Å²) < 4.78 is 7.17. The van der Waals surface area contributed by atoms with Crippen molar-refractivity contribution in [1.82, 2.24) is 33.5 Å². The Morgan fingerprint density at radius 3 is 0.870 bits per heavy atom. The van der Waals surface area contributed by atoms with Crippen LogP contribution in [0, 0.1) is 0 Å². The van der Waals surface area contributed by atoms with E-state index in [4.69, 9.17) is 25.0 Å². The van der Waals surface area contributed by atoms with E-state index in [0.29, 0.717) is 24.7 Å². The third kappa shape index (κ3) is 27.5. The summed E-state index contributed by atoms with van der Waals surface area (Å²) in [5, 5.41) is 4.55. The molecule has 2 amide bonds. The molecule has 1 saturated carbocycles. The van der Waals surface area contributed by atoms with Gasteiger partial charge >= 0.3 is 0 Å². The van der Waals surface area contributed by atoms with Crippen molar-refractivity contribution in [2.45, 2.75) is 273 Å². The van der Waals surface area contributed by atoms with Gasteiger partial charge in [0.1, 0.15) is 18.1 Å². The Labute approximate surface area is 791 Å². The van der Waals surface area contributed by atoms with E-state index in [1.54, 1.807) is 36.7 Å². The number of rotatable bonds is 6. The summed E-state index contributed by atoms with van der Waals surface area (Å²) in [5.74, 6) is -0.206. The van der Waals surface area contributed by atoms with Gasteiger partial charge in [-0.05, 0) is 188 Å². The lowest BCUT2D eigenvalue weighted by molar-refractivity contribution is 0.0664. The summed E-state index contributed by atoms with van der Waals surface area (Å²) in [6, 6.07) is 66.9. The Kier molecular flexibility index (Phi) is 55.5. The highest BCUT2D eigenvalue weighted by Gasteiger charge is 2.46. The van der Waals surface area contributed by atoms with Crippen molar-refractivity contribution in [3.8, 4) is 0 Å². The summed E-state index contributed by atoms with van der Waals surface area (Å²) in [4.78, 5) is 63.2. The van der Waals surface area contributed by atoms with Gasteiger partial charge in [-0.25, -0.2) is 25.0 Å². The topological polar surface area (TPSA) is 143 Å². The molecule has 14 heteroatoms. The zero-order valence-electron chi connectivity index (χ0n) is 86.5. The average Bonchev–Trinajstić information content (AvgIpc) is 1.58. The first-order valence-electron chi connectivity index (χ1n) is 49.5. The van der Waals surface area contributed by atoms with Crippen molar-refractivity contribution in [2.24, 2.45) is 32.0 Å². The molecule has 9 aromatic rings. The van der Waals surface area contributed by atoms with E-state index in [1.165, 1.54) is 5.35 Å². The Bertz CT molecular complexity index is 5460. The Hall–Kier alpha value is -12.6. The number of fused-ring (bicyclic) bond motifs is 8. The highest BCUT2D eigenvalue weighted by atomic mass is 16.2. The highest BCUT2D eigenvalue weighted by molar-refractivity contribution is 6.32. The molecule has 0 N–H and O–H groups in total. The largest absolute Gasteiger partial charge is 0.344 e. The molecule has 2 fully saturated rings. The van der Waals surface area contributed by atoms with Gasteiger partial charge < -0.3 is 23.5 Å². The summed E-state index contributed by atoms with van der Waals surface area (Å²) >= 11 is 0. The number of nitrogens with zero attached hydrogens (tertiary/aromatic N) is 12. The number of pyridine rings is 2. The molecule has 131 heavy (non-hydrogen) atoms. The first-order valence-corrected chi connectivity index (χ1v) is 49.5. The molecule has 4 aromatic carbocycles. The second kappa shape index (κ2) is 63.4. The maximum Gasteiger partial charge on any atom is 0.274 e. The molecule has 19 rings (SSSR count). The molecular formula is C117H160N12O2. The molecule has 14 bridgehead atoms. The van der Waals surface area contributed by atoms with Gasteiger partial charge in [-0.1, -0.05) is 354 Å². The predicted molar refractivity (Wildman–Crippen MR) is 574 cm³/mol. The molecule has 10 aliphatic rings. The van der Waals surface area contributed by atoms with Gasteiger partial charge in [-0.2, -0.15) is 0 Å². The van der Waals surface area contributed by atoms with E-state index in [-0.39, 0.29) is 23.9 Å². The number of carbonyl (C=O) groups excluding carboxylic acids is 2. The molecule has 5 aromatic heterocycles. The van der Waals surface area contributed by atoms with Crippen LogP contribution in [-0.2, 0) is 13.7 Å². The van der Waals surface area contributed by atoms with Crippen molar-refractivity contribution < 1.29 is 9.59 Å². The second-order valence-corrected chi connectivity index (χ2v) is 26.3. The van der Waals surface area contributed by atoms with Gasteiger partial charge in [-0.3, -0.25) is 19.6 Å². The number of aromatic nitrogens is 5. The van der Waals surface area contributed by atoms with Crippen LogP contribution in [0.2, 0.25) is 0 Å². The van der Waals surface area contributed by atoms with Crippen LogP contribution < -0.4 is 21.4 Å². The first kappa shape index (κ1) is 115. The fourth-order valence-electron chi connectivity index (χ4n) is 15.4. The SMILES string of the molecule is C1=CC2=C(c3ccccc3)c3ccc4n3Cn3c(ccc3=C(c3ccccc3)C3=NC(=C4c4ccccc4)C=C3)=C(c3ccccc3)C1=N2.CC.CC.CC.CC.CC.CC.CC.CC.CC.CC.CC.CC.CC.CC.CC.CC1=C2C=CC(=N2)C(C)=c2ccc(n2C)=C(C)C2=NC(=C3C=CC1=N3)C=C2.O=C(c1ccccn1)N1CN(C(=O)c2ccccn2)C2CCCCC21. The molecule has 14 heterocycles. The van der Waals surface area contributed by atoms with E-state index >= 15 is 0 Å². The molecule has 1 aliphatic carbocycles. The van der Waals surface area contributed by atoms with Crippen LogP contribution in [0.4, 0.5) is 0 Å². The zero-order valence-corrected chi connectivity index (χ0v) is 86.5. The van der Waals surface area contributed by atoms with Crippen LogP contribution >= 0.6 is 0 Å². The van der Waals surface area contributed by atoms with Crippen LogP contribution in [0.25, 0.3) is 33.4 Å². The summed E-state index contributed by atoms with van der Waals surface area (Å²) in [7, 11) is 2.10. The lowest BCUT2D eigenvalue weighted by Gasteiger charge is -2.31. The molecule has 0 spiro atoms.